The molecule has 202 valence electrons. The molecule has 0 aliphatic rings. The maximum atomic E-state index is 7.07. The quantitative estimate of drug-likeness (QED) is 0.205. The minimum atomic E-state index is -1.54. The Kier molecular flexibility index (Phi) is 6.84. The molecule has 0 saturated heterocycles. The van der Waals surface area contributed by atoms with Crippen LogP contribution in [0, 0.1) is 0 Å². The van der Waals surface area contributed by atoms with Crippen molar-refractivity contribution in [2.45, 2.75) is 32.4 Å². The first-order chi connectivity index (χ1) is 20.2. The predicted octanol–water partition coefficient (Wildman–Crippen LogP) is 11.4. The summed E-state index contributed by atoms with van der Waals surface area (Å²) in [5, 5.41) is 6.90. The summed E-state index contributed by atoms with van der Waals surface area (Å²) >= 11 is 0. The summed E-state index contributed by atoms with van der Waals surface area (Å²) in [4.78, 5) is 0. The normalized spacial score (nSPS) is 13.2. The van der Waals surface area contributed by atoms with Gasteiger partial charge in [0.1, 0.15) is 11.2 Å². The van der Waals surface area contributed by atoms with E-state index in [2.05, 4.69) is 152 Å². The van der Waals surface area contributed by atoms with Crippen LogP contribution in [0.2, 0.25) is 0 Å². The van der Waals surface area contributed by atoms with Crippen LogP contribution < -0.4 is 4.67 Å². The van der Waals surface area contributed by atoms with Crippen LogP contribution in [0.5, 0.6) is 0 Å². The fraction of sp³-hybridized carbons (Fsp3) is 0.135. The smallest absolute Gasteiger partial charge is 0.310 e. The summed E-state index contributed by atoms with van der Waals surface area (Å²) in [6.45, 7) is 4.52. The molecule has 0 unspecified atom stereocenters. The molecule has 0 bridgehead atoms. The first kappa shape index (κ1) is 25.7. The lowest BCUT2D eigenvalue weighted by atomic mass is 9.99. The molecule has 7 rings (SSSR count). The Balaban J connectivity index is 1.60. The third kappa shape index (κ3) is 4.62. The zero-order valence-electron chi connectivity index (χ0n) is 23.3. The maximum absolute atomic E-state index is 7.07. The lowest BCUT2D eigenvalue weighted by molar-refractivity contribution is 0.530. The molecule has 2 atom stereocenters. The second-order valence-electron chi connectivity index (χ2n) is 10.5. The van der Waals surface area contributed by atoms with E-state index >= 15 is 0 Å². The second kappa shape index (κ2) is 10.9. The average molecular weight is 554 g/mol. The summed E-state index contributed by atoms with van der Waals surface area (Å²) in [6.07, 6.45) is 0.919. The lowest BCUT2D eigenvalue weighted by Gasteiger charge is -2.33. The molecule has 0 spiro atoms. The number of nitrogens with zero attached hydrogens (tertiary/aromatic N) is 1. The van der Waals surface area contributed by atoms with Crippen LogP contribution in [0.25, 0.3) is 43.5 Å². The highest BCUT2D eigenvalue weighted by atomic mass is 31.1. The predicted molar refractivity (Wildman–Crippen MR) is 174 cm³/mol. The number of hydrogen-bond acceptors (Lipinski definition) is 3. The minimum absolute atomic E-state index is 0.0541. The van der Waals surface area contributed by atoms with E-state index in [0.717, 1.165) is 28.4 Å². The van der Waals surface area contributed by atoms with Gasteiger partial charge in [0.15, 0.2) is 0 Å². The van der Waals surface area contributed by atoms with Crippen LogP contribution in [-0.2, 0) is 0 Å². The molecule has 0 N–H and O–H groups in total. The van der Waals surface area contributed by atoms with E-state index in [-0.39, 0.29) is 12.1 Å². The van der Waals surface area contributed by atoms with Gasteiger partial charge in [-0.25, -0.2) is 0 Å². The van der Waals surface area contributed by atoms with Crippen molar-refractivity contribution < 1.29 is 8.39 Å². The molecule has 6 aromatic carbocycles. The number of hydrogen-bond donors (Lipinski definition) is 0. The van der Waals surface area contributed by atoms with Gasteiger partial charge in [0.2, 0.25) is 0 Å². The van der Waals surface area contributed by atoms with Gasteiger partial charge in [0, 0.05) is 22.9 Å². The third-order valence-corrected chi connectivity index (χ3v) is 9.85. The monoisotopic (exact) mass is 553 g/mol. The summed E-state index contributed by atoms with van der Waals surface area (Å²) in [5.41, 5.74) is 4.21. The first-order valence-electron chi connectivity index (χ1n) is 14.3. The van der Waals surface area contributed by atoms with Gasteiger partial charge in [-0.1, -0.05) is 128 Å². The Morgan fingerprint density at radius 1 is 0.561 bits per heavy atom. The molecule has 4 heteroatoms. The standard InChI is InChI=1S/C37H32NO2P/c1-3-33(30-18-8-5-9-19-30)38(26(2)27-14-6-4-7-15-27)41-39-34-24-22-28-16-10-12-20-31(28)36(34)37-32-21-13-11-17-29(32)23-25-35(37)40-41/h4-26,33H,3H2,1-2H3/t26-,33-/m1/s1. The molecule has 41 heavy (non-hydrogen) atoms. The van der Waals surface area contributed by atoms with Gasteiger partial charge >= 0.3 is 8.16 Å². The minimum Gasteiger partial charge on any atom is -0.408 e. The van der Waals surface area contributed by atoms with E-state index in [1.807, 2.05) is 0 Å². The summed E-state index contributed by atoms with van der Waals surface area (Å²) in [6, 6.07) is 47.3. The zero-order valence-corrected chi connectivity index (χ0v) is 24.2. The first-order valence-corrected chi connectivity index (χ1v) is 15.4. The molecule has 7 aromatic rings. The number of benzene rings is 6. The third-order valence-electron chi connectivity index (χ3n) is 8.14. The number of fused-ring (bicyclic) bond motifs is 7. The van der Waals surface area contributed by atoms with Crippen LogP contribution in [0.15, 0.2) is 142 Å². The van der Waals surface area contributed by atoms with Crippen LogP contribution in [0.1, 0.15) is 43.5 Å². The largest absolute Gasteiger partial charge is 0.408 e. The van der Waals surface area contributed by atoms with Gasteiger partial charge in [0.25, 0.3) is 0 Å². The van der Waals surface area contributed by atoms with Crippen LogP contribution >= 0.6 is 8.16 Å². The molecule has 0 amide bonds. The van der Waals surface area contributed by atoms with Crippen LogP contribution in [0.3, 0.4) is 0 Å². The van der Waals surface area contributed by atoms with Gasteiger partial charge in [-0.05, 0) is 58.1 Å². The topological polar surface area (TPSA) is 29.5 Å². The fourth-order valence-corrected chi connectivity index (χ4v) is 7.92. The van der Waals surface area contributed by atoms with Gasteiger partial charge in [-0.2, -0.15) is 4.67 Å². The summed E-state index contributed by atoms with van der Waals surface area (Å²) < 4.78 is 16.6. The van der Waals surface area contributed by atoms with E-state index in [4.69, 9.17) is 8.39 Å². The zero-order chi connectivity index (χ0) is 27.8. The van der Waals surface area contributed by atoms with Gasteiger partial charge in [-0.3, -0.25) is 0 Å². The second-order valence-corrected chi connectivity index (χ2v) is 11.8. The summed E-state index contributed by atoms with van der Waals surface area (Å²) in [5.74, 6) is 0. The van der Waals surface area contributed by atoms with Crippen molar-refractivity contribution in [1.29, 1.82) is 0 Å². The molecule has 0 aliphatic heterocycles. The molecule has 0 fully saturated rings. The van der Waals surface area contributed by atoms with E-state index in [1.165, 1.54) is 32.7 Å². The molecular formula is C37H32NO2P. The van der Waals surface area contributed by atoms with Crippen molar-refractivity contribution in [3.8, 4) is 0 Å². The van der Waals surface area contributed by atoms with Crippen LogP contribution in [-0.4, -0.2) is 0 Å². The van der Waals surface area contributed by atoms with E-state index in [0.29, 0.717) is 0 Å². The van der Waals surface area contributed by atoms with Crippen molar-refractivity contribution >= 4 is 51.6 Å². The van der Waals surface area contributed by atoms with E-state index in [9.17, 15) is 0 Å². The van der Waals surface area contributed by atoms with Crippen molar-refractivity contribution in [3.05, 3.63) is 145 Å². The van der Waals surface area contributed by atoms with Gasteiger partial charge < -0.3 is 8.39 Å². The fourth-order valence-electron chi connectivity index (χ4n) is 6.11. The molecule has 0 radical (unpaired) electrons. The Morgan fingerprint density at radius 3 is 1.54 bits per heavy atom. The summed E-state index contributed by atoms with van der Waals surface area (Å²) in [7, 11) is -1.54. The molecule has 1 heterocycles. The molecule has 3 nitrogen and oxygen atoms in total. The van der Waals surface area contributed by atoms with E-state index in [1.54, 1.807) is 0 Å². The Hall–Kier alpha value is -4.30. The van der Waals surface area contributed by atoms with Gasteiger partial charge in [-0.15, -0.1) is 0 Å². The molecule has 0 aliphatic carbocycles. The number of rotatable bonds is 6. The Morgan fingerprint density at radius 2 is 1.02 bits per heavy atom. The molecular weight excluding hydrogens is 521 g/mol. The van der Waals surface area contributed by atoms with Crippen molar-refractivity contribution in [2.75, 3.05) is 4.67 Å². The van der Waals surface area contributed by atoms with Crippen molar-refractivity contribution in [2.24, 2.45) is 0 Å². The SMILES string of the molecule is CC[C@H](c1ccccc1)N([C@H](C)c1ccccc1)p1oc2ccc3ccccc3c2c2c(ccc3ccccc32)o1. The molecule has 0 saturated carbocycles. The highest BCUT2D eigenvalue weighted by Gasteiger charge is 2.31. The van der Waals surface area contributed by atoms with Gasteiger partial charge in [0.05, 0.1) is 0 Å². The van der Waals surface area contributed by atoms with Crippen LogP contribution in [0.4, 0.5) is 0 Å². The van der Waals surface area contributed by atoms with E-state index < -0.39 is 8.16 Å². The van der Waals surface area contributed by atoms with Crippen molar-refractivity contribution in [3.63, 3.8) is 0 Å². The van der Waals surface area contributed by atoms with Crippen molar-refractivity contribution in [1.82, 2.24) is 0 Å². The lowest BCUT2D eigenvalue weighted by Crippen LogP contribution is -2.28. The molecule has 1 aromatic heterocycles. The Bertz CT molecular complexity index is 1920. The Labute approximate surface area is 241 Å². The highest BCUT2D eigenvalue weighted by Crippen LogP contribution is 2.48. The average Bonchev–Trinajstić information content (AvgIpc) is 3.21. The maximum Gasteiger partial charge on any atom is 0.310 e. The highest BCUT2D eigenvalue weighted by molar-refractivity contribution is 7.39.